The van der Waals surface area contributed by atoms with Gasteiger partial charge in [0, 0.05) is 5.56 Å². The van der Waals surface area contributed by atoms with Crippen LogP contribution in [0.4, 0.5) is 0 Å². The van der Waals surface area contributed by atoms with Crippen molar-refractivity contribution < 1.29 is 9.15 Å². The lowest BCUT2D eigenvalue weighted by molar-refractivity contribution is 0.408. The van der Waals surface area contributed by atoms with Gasteiger partial charge in [0.05, 0.1) is 24.1 Å². The predicted octanol–water partition coefficient (Wildman–Crippen LogP) is 3.99. The molecule has 1 heterocycles. The van der Waals surface area contributed by atoms with E-state index < -0.39 is 0 Å². The fourth-order valence-corrected chi connectivity index (χ4v) is 2.30. The average Bonchev–Trinajstić information content (AvgIpc) is 2.96. The number of benzene rings is 2. The summed E-state index contributed by atoms with van der Waals surface area (Å²) < 4.78 is 11.0. The van der Waals surface area contributed by atoms with E-state index >= 15 is 0 Å². The van der Waals surface area contributed by atoms with Crippen molar-refractivity contribution in [2.45, 2.75) is 6.42 Å². The number of nitrogens with zero attached hydrogens (tertiary/aromatic N) is 2. The minimum atomic E-state index is 0.422. The highest BCUT2D eigenvalue weighted by Gasteiger charge is 2.13. The highest BCUT2D eigenvalue weighted by Crippen LogP contribution is 2.27. The monoisotopic (exact) mass is 300 g/mol. The van der Waals surface area contributed by atoms with E-state index in [9.17, 15) is 0 Å². The first kappa shape index (κ1) is 13.6. The summed E-state index contributed by atoms with van der Waals surface area (Å²) in [4.78, 5) is 0. The number of rotatable bonds is 4. The van der Waals surface area contributed by atoms with Gasteiger partial charge in [0.15, 0.2) is 0 Å². The first-order valence-corrected chi connectivity index (χ1v) is 6.85. The van der Waals surface area contributed by atoms with Crippen LogP contribution in [0.3, 0.4) is 0 Å². The van der Waals surface area contributed by atoms with E-state index in [1.54, 1.807) is 13.2 Å². The molecule has 0 saturated heterocycles. The number of halogens is 1. The van der Waals surface area contributed by atoms with Gasteiger partial charge < -0.3 is 9.15 Å². The molecular weight excluding hydrogens is 288 g/mol. The highest BCUT2D eigenvalue weighted by molar-refractivity contribution is 6.33. The van der Waals surface area contributed by atoms with E-state index in [2.05, 4.69) is 10.2 Å². The van der Waals surface area contributed by atoms with E-state index in [0.29, 0.717) is 23.2 Å². The first-order chi connectivity index (χ1) is 10.3. The minimum Gasteiger partial charge on any atom is -0.496 e. The van der Waals surface area contributed by atoms with Crippen LogP contribution >= 0.6 is 11.6 Å². The molecule has 3 rings (SSSR count). The molecule has 0 saturated carbocycles. The summed E-state index contributed by atoms with van der Waals surface area (Å²) in [5, 5.41) is 8.72. The molecule has 106 valence electrons. The average molecular weight is 301 g/mol. The lowest BCUT2D eigenvalue weighted by Crippen LogP contribution is -1.93. The highest BCUT2D eigenvalue weighted by atomic mass is 35.5. The molecule has 0 amide bonds. The van der Waals surface area contributed by atoms with Crippen molar-refractivity contribution in [2.24, 2.45) is 0 Å². The van der Waals surface area contributed by atoms with Crippen LogP contribution in [0.2, 0.25) is 5.02 Å². The summed E-state index contributed by atoms with van der Waals surface area (Å²) in [6, 6.07) is 15.1. The Morgan fingerprint density at radius 2 is 1.81 bits per heavy atom. The maximum atomic E-state index is 6.13. The standard InChI is InChI=1S/C16H13ClN2O2/c1-20-14-9-5-2-6-11(14)10-15-18-19-16(21-15)12-7-3-4-8-13(12)17/h2-9H,10H2,1H3. The Labute approximate surface area is 127 Å². The Hall–Kier alpha value is -2.33. The van der Waals surface area contributed by atoms with E-state index in [-0.39, 0.29) is 0 Å². The summed E-state index contributed by atoms with van der Waals surface area (Å²) in [6.45, 7) is 0. The second-order valence-corrected chi connectivity index (χ2v) is 4.88. The molecule has 0 bridgehead atoms. The smallest absolute Gasteiger partial charge is 0.249 e. The molecule has 0 spiro atoms. The molecule has 0 unspecified atom stereocenters. The van der Waals surface area contributed by atoms with Crippen molar-refractivity contribution in [1.82, 2.24) is 10.2 Å². The molecule has 0 atom stereocenters. The van der Waals surface area contributed by atoms with E-state index in [4.69, 9.17) is 20.8 Å². The van der Waals surface area contributed by atoms with Crippen molar-refractivity contribution in [3.63, 3.8) is 0 Å². The lowest BCUT2D eigenvalue weighted by Gasteiger charge is -2.05. The molecule has 0 aliphatic heterocycles. The van der Waals surface area contributed by atoms with Gasteiger partial charge in [0.25, 0.3) is 0 Å². The van der Waals surface area contributed by atoms with Crippen LogP contribution in [0.25, 0.3) is 11.5 Å². The lowest BCUT2D eigenvalue weighted by atomic mass is 10.1. The van der Waals surface area contributed by atoms with Crippen LogP contribution in [0.15, 0.2) is 52.9 Å². The van der Waals surface area contributed by atoms with Crippen molar-refractivity contribution in [1.29, 1.82) is 0 Å². The molecule has 0 aliphatic rings. The predicted molar refractivity (Wildman–Crippen MR) is 80.5 cm³/mol. The van der Waals surface area contributed by atoms with Crippen molar-refractivity contribution in [2.75, 3.05) is 7.11 Å². The zero-order valence-corrected chi connectivity index (χ0v) is 12.2. The van der Waals surface area contributed by atoms with Crippen LogP contribution < -0.4 is 4.74 Å². The molecule has 1 aromatic heterocycles. The zero-order chi connectivity index (χ0) is 14.7. The number of methoxy groups -OCH3 is 1. The summed E-state index contributed by atoms with van der Waals surface area (Å²) in [6.07, 6.45) is 0.515. The normalized spacial score (nSPS) is 10.6. The van der Waals surface area contributed by atoms with Gasteiger partial charge in [-0.1, -0.05) is 41.9 Å². The maximum Gasteiger partial charge on any atom is 0.249 e. The van der Waals surface area contributed by atoms with Gasteiger partial charge in [-0.2, -0.15) is 0 Å². The number of ether oxygens (including phenoxy) is 1. The van der Waals surface area contributed by atoms with E-state index in [1.165, 1.54) is 0 Å². The quantitative estimate of drug-likeness (QED) is 0.731. The van der Waals surface area contributed by atoms with Crippen LogP contribution in [0.5, 0.6) is 5.75 Å². The molecule has 0 N–H and O–H groups in total. The van der Waals surface area contributed by atoms with Gasteiger partial charge in [-0.25, -0.2) is 0 Å². The number of hydrogen-bond donors (Lipinski definition) is 0. The van der Waals surface area contributed by atoms with Crippen molar-refractivity contribution in [3.05, 3.63) is 65.0 Å². The van der Waals surface area contributed by atoms with Crippen LogP contribution in [-0.2, 0) is 6.42 Å². The van der Waals surface area contributed by atoms with Gasteiger partial charge in [0.1, 0.15) is 5.75 Å². The van der Waals surface area contributed by atoms with Crippen LogP contribution in [0, 0.1) is 0 Å². The number of hydrogen-bond acceptors (Lipinski definition) is 4. The van der Waals surface area contributed by atoms with Gasteiger partial charge in [0.2, 0.25) is 11.8 Å². The Morgan fingerprint density at radius 1 is 1.05 bits per heavy atom. The van der Waals surface area contributed by atoms with E-state index in [0.717, 1.165) is 16.9 Å². The second kappa shape index (κ2) is 5.97. The minimum absolute atomic E-state index is 0.422. The Morgan fingerprint density at radius 3 is 2.62 bits per heavy atom. The molecular formula is C16H13ClN2O2. The third-order valence-electron chi connectivity index (χ3n) is 3.11. The van der Waals surface area contributed by atoms with E-state index in [1.807, 2.05) is 42.5 Å². The number of aromatic nitrogens is 2. The molecule has 0 fully saturated rings. The summed E-state index contributed by atoms with van der Waals surface area (Å²) in [5.74, 6) is 1.75. The number of para-hydroxylation sites is 1. The van der Waals surface area contributed by atoms with Gasteiger partial charge in [-0.15, -0.1) is 10.2 Å². The molecule has 0 radical (unpaired) electrons. The maximum absolute atomic E-state index is 6.13. The molecule has 4 nitrogen and oxygen atoms in total. The first-order valence-electron chi connectivity index (χ1n) is 6.47. The second-order valence-electron chi connectivity index (χ2n) is 4.47. The Kier molecular flexibility index (Phi) is 3.88. The zero-order valence-electron chi connectivity index (χ0n) is 11.4. The summed E-state index contributed by atoms with van der Waals surface area (Å²) in [5.41, 5.74) is 1.73. The summed E-state index contributed by atoms with van der Waals surface area (Å²) in [7, 11) is 1.64. The molecule has 5 heteroatoms. The third-order valence-corrected chi connectivity index (χ3v) is 3.43. The largest absolute Gasteiger partial charge is 0.496 e. The van der Waals surface area contributed by atoms with Crippen molar-refractivity contribution >= 4 is 11.6 Å². The topological polar surface area (TPSA) is 48.2 Å². The molecule has 2 aromatic carbocycles. The van der Waals surface area contributed by atoms with Crippen molar-refractivity contribution in [3.8, 4) is 17.2 Å². The Bertz CT molecular complexity index is 755. The summed E-state index contributed by atoms with van der Waals surface area (Å²) >= 11 is 6.13. The van der Waals surface area contributed by atoms with Gasteiger partial charge in [-0.05, 0) is 18.2 Å². The SMILES string of the molecule is COc1ccccc1Cc1nnc(-c2ccccc2Cl)o1. The molecule has 3 aromatic rings. The van der Waals surface area contributed by atoms with Crippen LogP contribution in [0.1, 0.15) is 11.5 Å². The van der Waals surface area contributed by atoms with Gasteiger partial charge >= 0.3 is 0 Å². The fraction of sp³-hybridized carbons (Fsp3) is 0.125. The third kappa shape index (κ3) is 2.90. The fourth-order valence-electron chi connectivity index (χ4n) is 2.08. The Balaban J connectivity index is 1.87. The van der Waals surface area contributed by atoms with Gasteiger partial charge in [-0.3, -0.25) is 0 Å². The molecule has 0 aliphatic carbocycles. The van der Waals surface area contributed by atoms with Crippen LogP contribution in [-0.4, -0.2) is 17.3 Å². The molecule has 21 heavy (non-hydrogen) atoms.